The van der Waals surface area contributed by atoms with Crippen LogP contribution in [0.1, 0.15) is 37.1 Å². The maximum Gasteiger partial charge on any atom is 0.506 e. The van der Waals surface area contributed by atoms with Crippen molar-refractivity contribution in [3.63, 3.8) is 0 Å². The first-order valence-corrected chi connectivity index (χ1v) is 9.24. The summed E-state index contributed by atoms with van der Waals surface area (Å²) in [5, 5.41) is 0.890. The first-order chi connectivity index (χ1) is 13.3. The largest absolute Gasteiger partial charge is 0.506 e. The van der Waals surface area contributed by atoms with Gasteiger partial charge in [-0.2, -0.15) is 0 Å². The molecule has 0 bridgehead atoms. The van der Waals surface area contributed by atoms with E-state index in [1.807, 2.05) is 55.5 Å². The third-order valence-corrected chi connectivity index (χ3v) is 4.66. The fourth-order valence-electron chi connectivity index (χ4n) is 3.29. The number of fused-ring (bicyclic) bond motifs is 1. The summed E-state index contributed by atoms with van der Waals surface area (Å²) in [5.74, 6) is 0. The van der Waals surface area contributed by atoms with Gasteiger partial charge in [-0.25, -0.2) is 0 Å². The highest BCUT2D eigenvalue weighted by Gasteiger charge is 2.31. The normalized spacial score (nSPS) is 13.2. The van der Waals surface area contributed by atoms with E-state index in [1.165, 1.54) is 0 Å². The van der Waals surface area contributed by atoms with Crippen LogP contribution in [-0.2, 0) is 0 Å². The van der Waals surface area contributed by atoms with E-state index in [4.69, 9.17) is 0 Å². The summed E-state index contributed by atoms with van der Waals surface area (Å²) < 4.78 is 41.6. The highest BCUT2D eigenvalue weighted by atomic mass is 19.4. The first kappa shape index (κ1) is 19.8. The molecule has 0 unspecified atom stereocenters. The van der Waals surface area contributed by atoms with Crippen molar-refractivity contribution in [1.29, 1.82) is 0 Å². The Kier molecular flexibility index (Phi) is 5.64. The quantitative estimate of drug-likeness (QED) is 0.340. The van der Waals surface area contributed by atoms with Crippen LogP contribution >= 0.6 is 0 Å². The number of aromatic amines is 1. The lowest BCUT2D eigenvalue weighted by molar-refractivity contribution is 0.487. The van der Waals surface area contributed by atoms with Crippen molar-refractivity contribution in [2.75, 3.05) is 0 Å². The van der Waals surface area contributed by atoms with Gasteiger partial charge in [0.05, 0.1) is 0 Å². The van der Waals surface area contributed by atoms with Gasteiger partial charge in [0.25, 0.3) is 0 Å². The predicted octanol–water partition coefficient (Wildman–Crippen LogP) is 7.36. The van der Waals surface area contributed by atoms with Crippen molar-refractivity contribution in [3.05, 3.63) is 95.1 Å². The molecule has 1 heterocycles. The summed E-state index contributed by atoms with van der Waals surface area (Å²) in [6.45, 7) is 2.15. The van der Waals surface area contributed by atoms with E-state index in [9.17, 15) is 12.9 Å². The summed E-state index contributed by atoms with van der Waals surface area (Å²) in [6.07, 6.45) is 3.69. The van der Waals surface area contributed by atoms with Gasteiger partial charge in [0, 0.05) is 16.6 Å². The van der Waals surface area contributed by atoms with Gasteiger partial charge in [-0.05, 0) is 35.8 Å². The zero-order chi connectivity index (χ0) is 20.3. The standard InChI is InChI=1S/C23H22BF3N/c1-4-20(24(25,26)27)23(22-15-19-7-5-6-8-21(19)28-22)18-13-11-17(12-14-18)10-9-16(2)3/h5-15,28H,2,4H2,1,3H3/q-1/b10-9+,23-20+. The van der Waals surface area contributed by atoms with Gasteiger partial charge in [-0.15, -0.1) is 5.47 Å². The number of allylic oxidation sites excluding steroid dienone is 3. The first-order valence-electron chi connectivity index (χ1n) is 9.24. The lowest BCUT2D eigenvalue weighted by Gasteiger charge is -2.23. The predicted molar refractivity (Wildman–Crippen MR) is 114 cm³/mol. The molecular formula is C23H22BF3N-. The van der Waals surface area contributed by atoms with Gasteiger partial charge in [0.15, 0.2) is 0 Å². The molecule has 2 aromatic carbocycles. The molecule has 0 spiro atoms. The van der Waals surface area contributed by atoms with Crippen molar-refractivity contribution in [3.8, 4) is 0 Å². The van der Waals surface area contributed by atoms with E-state index < -0.39 is 12.4 Å². The van der Waals surface area contributed by atoms with E-state index in [2.05, 4.69) is 11.6 Å². The second-order valence-electron chi connectivity index (χ2n) is 6.90. The minimum atomic E-state index is -5.11. The minimum absolute atomic E-state index is 0.0779. The van der Waals surface area contributed by atoms with Gasteiger partial charge >= 0.3 is 6.98 Å². The van der Waals surface area contributed by atoms with Crippen LogP contribution in [0.4, 0.5) is 12.9 Å². The molecule has 28 heavy (non-hydrogen) atoms. The van der Waals surface area contributed by atoms with Gasteiger partial charge in [0.2, 0.25) is 0 Å². The molecule has 0 aliphatic heterocycles. The fourth-order valence-corrected chi connectivity index (χ4v) is 3.29. The summed E-state index contributed by atoms with van der Waals surface area (Å²) in [5.41, 5.74) is 3.44. The third kappa shape index (κ3) is 4.30. The van der Waals surface area contributed by atoms with Crippen LogP contribution in [0.25, 0.3) is 22.6 Å². The smallest absolute Gasteiger partial charge is 0.445 e. The molecular weight excluding hydrogens is 358 g/mol. The zero-order valence-corrected chi connectivity index (χ0v) is 16.0. The lowest BCUT2D eigenvalue weighted by atomic mass is 9.72. The van der Waals surface area contributed by atoms with Crippen LogP contribution in [0, 0.1) is 0 Å². The number of benzene rings is 2. The number of hydrogen-bond acceptors (Lipinski definition) is 0. The highest BCUT2D eigenvalue weighted by molar-refractivity contribution is 6.68. The Morgan fingerprint density at radius 2 is 1.75 bits per heavy atom. The summed E-state index contributed by atoms with van der Waals surface area (Å²) in [6, 6.07) is 16.4. The topological polar surface area (TPSA) is 15.8 Å². The maximum absolute atomic E-state index is 13.9. The molecule has 5 heteroatoms. The van der Waals surface area contributed by atoms with Gasteiger partial charge in [0.1, 0.15) is 0 Å². The molecule has 3 rings (SSSR count). The molecule has 0 radical (unpaired) electrons. The van der Waals surface area contributed by atoms with Crippen LogP contribution in [-0.4, -0.2) is 12.0 Å². The molecule has 0 aliphatic rings. The average Bonchev–Trinajstić information content (AvgIpc) is 3.07. The molecule has 0 amide bonds. The fraction of sp³-hybridized carbons (Fsp3) is 0.130. The monoisotopic (exact) mass is 380 g/mol. The van der Waals surface area contributed by atoms with Crippen molar-refractivity contribution < 1.29 is 12.9 Å². The van der Waals surface area contributed by atoms with E-state index in [1.54, 1.807) is 25.1 Å². The minimum Gasteiger partial charge on any atom is -0.445 e. The Balaban J connectivity index is 2.17. The van der Waals surface area contributed by atoms with Crippen molar-refractivity contribution in [1.82, 2.24) is 4.98 Å². The van der Waals surface area contributed by atoms with Crippen LogP contribution in [0.2, 0.25) is 0 Å². The van der Waals surface area contributed by atoms with E-state index in [0.717, 1.165) is 22.0 Å². The average molecular weight is 380 g/mol. The Labute approximate surface area is 163 Å². The molecule has 3 aromatic rings. The highest BCUT2D eigenvalue weighted by Crippen LogP contribution is 2.36. The number of para-hydroxylation sites is 1. The van der Waals surface area contributed by atoms with Crippen molar-refractivity contribution in [2.45, 2.75) is 20.3 Å². The number of H-pyrrole nitrogens is 1. The van der Waals surface area contributed by atoms with Crippen LogP contribution in [0.3, 0.4) is 0 Å². The molecule has 0 fully saturated rings. The number of aromatic nitrogens is 1. The second kappa shape index (κ2) is 7.97. The molecule has 1 nitrogen and oxygen atoms in total. The zero-order valence-electron chi connectivity index (χ0n) is 16.0. The summed E-state index contributed by atoms with van der Waals surface area (Å²) in [7, 11) is 0. The van der Waals surface area contributed by atoms with Crippen LogP contribution < -0.4 is 0 Å². The van der Waals surface area contributed by atoms with Gasteiger partial charge in [-0.1, -0.05) is 80.1 Å². The molecule has 0 saturated carbocycles. The van der Waals surface area contributed by atoms with Crippen LogP contribution in [0.5, 0.6) is 0 Å². The summed E-state index contributed by atoms with van der Waals surface area (Å²) >= 11 is 0. The SMILES string of the molecule is C=C(C)/C=C/c1ccc(/C(=C(/CC)[B-](F)(F)F)c2cc3ccccc3[nH]2)cc1. The molecule has 1 aromatic heterocycles. The molecule has 1 N–H and O–H groups in total. The van der Waals surface area contributed by atoms with Gasteiger partial charge in [-0.3, -0.25) is 0 Å². The van der Waals surface area contributed by atoms with Crippen LogP contribution in [0.15, 0.2) is 78.3 Å². The Morgan fingerprint density at radius 3 is 2.32 bits per heavy atom. The lowest BCUT2D eigenvalue weighted by Crippen LogP contribution is -2.21. The van der Waals surface area contributed by atoms with Gasteiger partial charge < -0.3 is 17.9 Å². The van der Waals surface area contributed by atoms with Crippen molar-refractivity contribution in [2.24, 2.45) is 0 Å². The third-order valence-electron chi connectivity index (χ3n) is 4.66. The maximum atomic E-state index is 13.9. The molecule has 0 saturated heterocycles. The molecule has 0 aliphatic carbocycles. The Hall–Kier alpha value is -2.95. The summed E-state index contributed by atoms with van der Waals surface area (Å²) in [4.78, 5) is 3.16. The van der Waals surface area contributed by atoms with E-state index in [-0.39, 0.29) is 12.0 Å². The second-order valence-corrected chi connectivity index (χ2v) is 6.90. The van der Waals surface area contributed by atoms with E-state index >= 15 is 0 Å². The van der Waals surface area contributed by atoms with Crippen molar-refractivity contribution >= 4 is 29.5 Å². The number of nitrogens with one attached hydrogen (secondary N) is 1. The molecule has 144 valence electrons. The number of hydrogen-bond donors (Lipinski definition) is 1. The Morgan fingerprint density at radius 1 is 1.07 bits per heavy atom. The number of halogens is 3. The molecule has 0 atom stereocenters. The number of rotatable bonds is 6. The Bertz CT molecular complexity index is 1020. The van der Waals surface area contributed by atoms with E-state index in [0.29, 0.717) is 11.3 Å².